The molecule has 0 saturated heterocycles. The average Bonchev–Trinajstić information content (AvgIpc) is 2.78. The second kappa shape index (κ2) is 10.9. The Morgan fingerprint density at radius 2 is 1.84 bits per heavy atom. The lowest BCUT2D eigenvalue weighted by Gasteiger charge is -2.13. The molecule has 10 heteroatoms. The van der Waals surface area contributed by atoms with Gasteiger partial charge >= 0.3 is 0 Å². The number of benzene rings is 3. The smallest absolute Gasteiger partial charge is 0.272 e. The fraction of sp³-hybridized carbons (Fsp3) is 0.0909. The molecule has 0 atom stereocenters. The van der Waals surface area contributed by atoms with Crippen LogP contribution in [-0.2, 0) is 6.61 Å². The third kappa shape index (κ3) is 5.92. The second-order valence-corrected chi connectivity index (χ2v) is 8.13. The van der Waals surface area contributed by atoms with Crippen molar-refractivity contribution in [1.82, 2.24) is 5.43 Å². The molecule has 0 unspecified atom stereocenters. The summed E-state index contributed by atoms with van der Waals surface area (Å²) >= 11 is 6.79. The van der Waals surface area contributed by atoms with Crippen LogP contribution >= 0.6 is 31.9 Å². The van der Waals surface area contributed by atoms with Crippen LogP contribution in [0.2, 0.25) is 0 Å². The Morgan fingerprint density at radius 1 is 1.12 bits per heavy atom. The Labute approximate surface area is 200 Å². The highest BCUT2D eigenvalue weighted by Crippen LogP contribution is 2.37. The van der Waals surface area contributed by atoms with Crippen LogP contribution in [0.25, 0.3) is 0 Å². The predicted molar refractivity (Wildman–Crippen MR) is 127 cm³/mol. The highest BCUT2D eigenvalue weighted by Gasteiger charge is 2.13. The van der Waals surface area contributed by atoms with Crippen molar-refractivity contribution < 1.29 is 19.2 Å². The van der Waals surface area contributed by atoms with Gasteiger partial charge in [0.25, 0.3) is 11.6 Å². The van der Waals surface area contributed by atoms with Crippen LogP contribution < -0.4 is 14.9 Å². The lowest BCUT2D eigenvalue weighted by molar-refractivity contribution is -0.384. The zero-order valence-electron chi connectivity index (χ0n) is 16.7. The molecule has 0 aliphatic carbocycles. The van der Waals surface area contributed by atoms with E-state index in [1.54, 1.807) is 42.5 Å². The van der Waals surface area contributed by atoms with E-state index in [2.05, 4.69) is 42.4 Å². The van der Waals surface area contributed by atoms with Gasteiger partial charge in [0.1, 0.15) is 6.61 Å². The summed E-state index contributed by atoms with van der Waals surface area (Å²) in [6.07, 6.45) is 1.49. The lowest BCUT2D eigenvalue weighted by Crippen LogP contribution is -2.18. The number of nitrogens with zero attached hydrogens (tertiary/aromatic N) is 2. The van der Waals surface area contributed by atoms with Gasteiger partial charge in [0.2, 0.25) is 0 Å². The van der Waals surface area contributed by atoms with Crippen molar-refractivity contribution in [2.24, 2.45) is 5.10 Å². The average molecular weight is 563 g/mol. The van der Waals surface area contributed by atoms with Crippen molar-refractivity contribution in [2.45, 2.75) is 6.61 Å². The summed E-state index contributed by atoms with van der Waals surface area (Å²) in [5.74, 6) is 0.586. The quantitative estimate of drug-likeness (QED) is 0.223. The Hall–Kier alpha value is -3.24. The third-order valence-corrected chi connectivity index (χ3v) is 5.56. The summed E-state index contributed by atoms with van der Waals surface area (Å²) in [5.41, 5.74) is 4.41. The van der Waals surface area contributed by atoms with Gasteiger partial charge < -0.3 is 9.47 Å². The maximum atomic E-state index is 12.2. The fourth-order valence-electron chi connectivity index (χ4n) is 2.69. The molecule has 3 aromatic carbocycles. The van der Waals surface area contributed by atoms with Crippen molar-refractivity contribution in [3.63, 3.8) is 0 Å². The molecule has 0 bridgehead atoms. The topological polar surface area (TPSA) is 103 Å². The monoisotopic (exact) mass is 561 g/mol. The van der Waals surface area contributed by atoms with Crippen molar-refractivity contribution >= 4 is 49.7 Å². The summed E-state index contributed by atoms with van der Waals surface area (Å²) in [5, 5.41) is 14.8. The first-order valence-electron chi connectivity index (χ1n) is 9.20. The van der Waals surface area contributed by atoms with Crippen molar-refractivity contribution in [3.05, 3.63) is 96.4 Å². The molecular formula is C22H17Br2N3O5. The molecule has 0 aliphatic heterocycles. The number of methoxy groups -OCH3 is 1. The van der Waals surface area contributed by atoms with E-state index in [-0.39, 0.29) is 18.2 Å². The number of ether oxygens (including phenoxy) is 2. The number of hydrazone groups is 1. The van der Waals surface area contributed by atoms with E-state index in [4.69, 9.17) is 9.47 Å². The minimum Gasteiger partial charge on any atom is -0.493 e. The van der Waals surface area contributed by atoms with Gasteiger partial charge in [-0.1, -0.05) is 12.1 Å². The first-order valence-corrected chi connectivity index (χ1v) is 10.8. The Kier molecular flexibility index (Phi) is 7.96. The zero-order valence-corrected chi connectivity index (χ0v) is 19.9. The van der Waals surface area contributed by atoms with Crippen molar-refractivity contribution in [3.8, 4) is 11.5 Å². The number of nitrogens with one attached hydrogen (secondary N) is 1. The van der Waals surface area contributed by atoms with Crippen LogP contribution in [0.5, 0.6) is 11.5 Å². The molecule has 0 aromatic heterocycles. The van der Waals surface area contributed by atoms with Gasteiger partial charge in [-0.2, -0.15) is 5.10 Å². The molecule has 164 valence electrons. The van der Waals surface area contributed by atoms with Crippen LogP contribution in [0.3, 0.4) is 0 Å². The standard InChI is InChI=1S/C22H17Br2N3O5/c1-31-20-11-15(12-25-26-22(28)17-4-2-3-5-18(17)23)10-19(24)21(20)32-13-14-6-8-16(9-7-14)27(29)30/h2-12H,13H2,1H3,(H,26,28)/b25-12-. The SMILES string of the molecule is COc1cc(/C=N\NC(=O)c2ccccc2Br)cc(Br)c1OCc1ccc([N+](=O)[O-])cc1. The molecule has 8 nitrogen and oxygen atoms in total. The van der Waals surface area contributed by atoms with E-state index in [1.807, 2.05) is 6.07 Å². The Bertz CT molecular complexity index is 1170. The number of halogens is 2. The minimum absolute atomic E-state index is 0.0165. The summed E-state index contributed by atoms with van der Waals surface area (Å²) in [6, 6.07) is 16.6. The number of amides is 1. The molecule has 0 heterocycles. The maximum Gasteiger partial charge on any atom is 0.272 e. The van der Waals surface area contributed by atoms with E-state index in [0.717, 1.165) is 5.56 Å². The van der Waals surface area contributed by atoms with Crippen LogP contribution in [0.4, 0.5) is 5.69 Å². The van der Waals surface area contributed by atoms with Gasteiger partial charge in [0.05, 0.1) is 28.3 Å². The van der Waals surface area contributed by atoms with E-state index >= 15 is 0 Å². The Balaban J connectivity index is 1.69. The number of hydrogen-bond donors (Lipinski definition) is 1. The second-order valence-electron chi connectivity index (χ2n) is 6.43. The molecule has 0 fully saturated rings. The lowest BCUT2D eigenvalue weighted by atomic mass is 10.2. The number of carbonyl (C=O) groups excluding carboxylic acids is 1. The van der Waals surface area contributed by atoms with Crippen LogP contribution in [0.15, 0.2) is 74.7 Å². The summed E-state index contributed by atoms with van der Waals surface area (Å²) < 4.78 is 12.6. The maximum absolute atomic E-state index is 12.2. The molecule has 3 aromatic rings. The molecule has 0 radical (unpaired) electrons. The van der Waals surface area contributed by atoms with Gasteiger partial charge in [0, 0.05) is 16.6 Å². The predicted octanol–water partition coefficient (Wildman–Crippen LogP) is 5.47. The summed E-state index contributed by atoms with van der Waals surface area (Å²) in [6.45, 7) is 0.197. The van der Waals surface area contributed by atoms with Gasteiger partial charge in [-0.3, -0.25) is 14.9 Å². The normalized spacial score (nSPS) is 10.7. The van der Waals surface area contributed by atoms with Crippen LogP contribution in [0.1, 0.15) is 21.5 Å². The van der Waals surface area contributed by atoms with E-state index in [0.29, 0.717) is 31.6 Å². The number of nitro benzene ring substituents is 1. The first kappa shape index (κ1) is 23.4. The van der Waals surface area contributed by atoms with Gasteiger partial charge in [-0.25, -0.2) is 5.43 Å². The first-order chi connectivity index (χ1) is 15.4. The number of non-ortho nitro benzene ring substituents is 1. The van der Waals surface area contributed by atoms with E-state index in [1.165, 1.54) is 25.5 Å². The van der Waals surface area contributed by atoms with Crippen molar-refractivity contribution in [2.75, 3.05) is 7.11 Å². The molecule has 32 heavy (non-hydrogen) atoms. The zero-order chi connectivity index (χ0) is 23.1. The Morgan fingerprint density at radius 3 is 2.50 bits per heavy atom. The molecule has 0 spiro atoms. The highest BCUT2D eigenvalue weighted by molar-refractivity contribution is 9.10. The van der Waals surface area contributed by atoms with Crippen LogP contribution in [0, 0.1) is 10.1 Å². The van der Waals surface area contributed by atoms with Crippen LogP contribution in [-0.4, -0.2) is 24.2 Å². The summed E-state index contributed by atoms with van der Waals surface area (Å²) in [7, 11) is 1.51. The minimum atomic E-state index is -0.453. The molecule has 0 saturated carbocycles. The van der Waals surface area contributed by atoms with Crippen molar-refractivity contribution in [1.29, 1.82) is 0 Å². The van der Waals surface area contributed by atoms with E-state index in [9.17, 15) is 14.9 Å². The van der Waals surface area contributed by atoms with Gasteiger partial charge in [0.15, 0.2) is 11.5 Å². The molecular weight excluding hydrogens is 546 g/mol. The molecule has 3 rings (SSSR count). The summed E-state index contributed by atoms with van der Waals surface area (Å²) in [4.78, 5) is 22.5. The molecule has 1 amide bonds. The van der Waals surface area contributed by atoms with Gasteiger partial charge in [-0.15, -0.1) is 0 Å². The number of carbonyl (C=O) groups is 1. The largest absolute Gasteiger partial charge is 0.493 e. The molecule has 1 N–H and O–H groups in total. The number of nitro groups is 1. The van der Waals surface area contributed by atoms with E-state index < -0.39 is 4.92 Å². The molecule has 0 aliphatic rings. The highest BCUT2D eigenvalue weighted by atomic mass is 79.9. The number of hydrogen-bond acceptors (Lipinski definition) is 6. The third-order valence-electron chi connectivity index (χ3n) is 4.28. The fourth-order valence-corrected chi connectivity index (χ4v) is 3.73. The number of rotatable bonds is 8. The van der Waals surface area contributed by atoms with Gasteiger partial charge in [-0.05, 0) is 79.4 Å².